The van der Waals surface area contributed by atoms with Gasteiger partial charge in [-0.2, -0.15) is 5.48 Å². The predicted molar refractivity (Wildman–Crippen MR) is 25.7 cm³/mol. The van der Waals surface area contributed by atoms with Gasteiger partial charge in [-0.15, -0.1) is 0 Å². The van der Waals surface area contributed by atoms with Crippen molar-refractivity contribution < 1.29 is 15.1 Å². The van der Waals surface area contributed by atoms with E-state index in [9.17, 15) is 0 Å². The normalized spacial score (nSPS) is 38.2. The predicted octanol–water partition coefficient (Wildman–Crippen LogP) is -1.41. The van der Waals surface area contributed by atoms with Crippen molar-refractivity contribution in [3.05, 3.63) is 0 Å². The van der Waals surface area contributed by atoms with Crippen LogP contribution in [0.15, 0.2) is 0 Å². The third-order valence-corrected chi connectivity index (χ3v) is 1.06. The zero-order valence-electron chi connectivity index (χ0n) is 4.37. The molecule has 8 heavy (non-hydrogen) atoms. The molecule has 1 aliphatic rings. The van der Waals surface area contributed by atoms with E-state index in [1.54, 1.807) is 0 Å². The van der Waals surface area contributed by atoms with Gasteiger partial charge in [-0.05, 0) is 0 Å². The van der Waals surface area contributed by atoms with Crippen LogP contribution in [0.4, 0.5) is 0 Å². The maximum atomic E-state index is 8.68. The fourth-order valence-corrected chi connectivity index (χ4v) is 0.632. The van der Waals surface area contributed by atoms with Gasteiger partial charge in [-0.25, -0.2) is 0 Å². The van der Waals surface area contributed by atoms with Gasteiger partial charge in [0.15, 0.2) is 0 Å². The first-order chi connectivity index (χ1) is 3.83. The summed E-state index contributed by atoms with van der Waals surface area (Å²) in [7, 11) is 0. The molecule has 2 atom stereocenters. The zero-order valence-corrected chi connectivity index (χ0v) is 4.37. The van der Waals surface area contributed by atoms with Crippen LogP contribution >= 0.6 is 0 Å². The van der Waals surface area contributed by atoms with Crippen molar-refractivity contribution in [2.24, 2.45) is 0 Å². The van der Waals surface area contributed by atoms with Crippen LogP contribution in [0.1, 0.15) is 6.42 Å². The Morgan fingerprint density at radius 3 is 2.75 bits per heavy atom. The highest BCUT2D eigenvalue weighted by atomic mass is 16.7. The molecule has 0 amide bonds. The molecule has 1 heterocycles. The van der Waals surface area contributed by atoms with E-state index in [0.29, 0.717) is 6.42 Å². The summed E-state index contributed by atoms with van der Waals surface area (Å²) in [5.74, 6) is 0. The minimum Gasteiger partial charge on any atom is -0.394 e. The molecule has 0 saturated carbocycles. The third kappa shape index (κ3) is 1.16. The van der Waals surface area contributed by atoms with E-state index in [4.69, 9.17) is 10.2 Å². The number of hydrogen-bond donors (Lipinski definition) is 3. The lowest BCUT2D eigenvalue weighted by molar-refractivity contribution is -0.0253. The Morgan fingerprint density at radius 1 is 1.75 bits per heavy atom. The Bertz CT molecular complexity index is 77.7. The second kappa shape index (κ2) is 2.41. The first-order valence-electron chi connectivity index (χ1n) is 2.53. The summed E-state index contributed by atoms with van der Waals surface area (Å²) < 4.78 is 0. The average Bonchev–Trinajstić information content (AvgIpc) is 2.14. The van der Waals surface area contributed by atoms with E-state index in [-0.39, 0.29) is 12.7 Å². The third-order valence-electron chi connectivity index (χ3n) is 1.06. The van der Waals surface area contributed by atoms with E-state index in [1.807, 2.05) is 0 Å². The molecule has 1 aliphatic heterocycles. The van der Waals surface area contributed by atoms with E-state index in [0.717, 1.165) is 0 Å². The smallest absolute Gasteiger partial charge is 0.129 e. The minimum atomic E-state index is -0.604. The molecule has 1 saturated heterocycles. The zero-order chi connectivity index (χ0) is 5.98. The molecule has 0 unspecified atom stereocenters. The second-order valence-electron chi connectivity index (χ2n) is 1.79. The van der Waals surface area contributed by atoms with Crippen molar-refractivity contribution in [3.63, 3.8) is 0 Å². The van der Waals surface area contributed by atoms with Crippen LogP contribution in [0.2, 0.25) is 0 Å². The van der Waals surface area contributed by atoms with Gasteiger partial charge in [0, 0.05) is 6.42 Å². The van der Waals surface area contributed by atoms with Crippen molar-refractivity contribution in [1.29, 1.82) is 0 Å². The van der Waals surface area contributed by atoms with Gasteiger partial charge in [0.05, 0.1) is 6.61 Å². The maximum Gasteiger partial charge on any atom is 0.129 e. The number of aliphatic hydroxyl groups is 2. The number of nitrogens with one attached hydrogen (secondary N) is 1. The van der Waals surface area contributed by atoms with E-state index in [2.05, 4.69) is 10.3 Å². The monoisotopic (exact) mass is 119 g/mol. The summed E-state index contributed by atoms with van der Waals surface area (Å²) in [6, 6.07) is 0. The SMILES string of the molecule is OC[C@@H]1C[C@H](O)NO1. The van der Waals surface area contributed by atoms with Crippen molar-refractivity contribution in [2.45, 2.75) is 18.8 Å². The van der Waals surface area contributed by atoms with Crippen LogP contribution < -0.4 is 5.48 Å². The Hall–Kier alpha value is -0.160. The summed E-state index contributed by atoms with van der Waals surface area (Å²) >= 11 is 0. The van der Waals surface area contributed by atoms with Gasteiger partial charge in [0.25, 0.3) is 0 Å². The first-order valence-corrected chi connectivity index (χ1v) is 2.53. The summed E-state index contributed by atoms with van der Waals surface area (Å²) in [4.78, 5) is 4.66. The molecule has 48 valence electrons. The van der Waals surface area contributed by atoms with Gasteiger partial charge in [0.1, 0.15) is 12.3 Å². The second-order valence-corrected chi connectivity index (χ2v) is 1.79. The van der Waals surface area contributed by atoms with Crippen LogP contribution in [0.5, 0.6) is 0 Å². The maximum absolute atomic E-state index is 8.68. The van der Waals surface area contributed by atoms with Gasteiger partial charge < -0.3 is 10.2 Å². The molecule has 0 bridgehead atoms. The van der Waals surface area contributed by atoms with E-state index in [1.165, 1.54) is 0 Å². The lowest BCUT2D eigenvalue weighted by atomic mass is 10.3. The fourth-order valence-electron chi connectivity index (χ4n) is 0.632. The summed E-state index contributed by atoms with van der Waals surface area (Å²) in [5, 5.41) is 17.1. The number of hydrogen-bond acceptors (Lipinski definition) is 4. The summed E-state index contributed by atoms with van der Waals surface area (Å²) in [6.45, 7) is -0.0376. The Morgan fingerprint density at radius 2 is 2.50 bits per heavy atom. The standard InChI is InChI=1S/C4H9NO3/c6-2-3-1-4(7)5-8-3/h3-7H,1-2H2/t3-,4-/m0/s1. The topological polar surface area (TPSA) is 61.7 Å². The van der Waals surface area contributed by atoms with E-state index < -0.39 is 6.23 Å². The van der Waals surface area contributed by atoms with E-state index >= 15 is 0 Å². The summed E-state index contributed by atoms with van der Waals surface area (Å²) in [5.41, 5.74) is 2.32. The highest BCUT2D eigenvalue weighted by Crippen LogP contribution is 2.05. The molecule has 0 aromatic carbocycles. The van der Waals surface area contributed by atoms with Crippen LogP contribution in [-0.4, -0.2) is 29.2 Å². The number of rotatable bonds is 1. The highest BCUT2D eigenvalue weighted by molar-refractivity contribution is 4.64. The Balaban J connectivity index is 2.22. The largest absolute Gasteiger partial charge is 0.394 e. The molecule has 0 aromatic rings. The lowest BCUT2D eigenvalue weighted by Gasteiger charge is -1.98. The molecule has 0 aromatic heterocycles. The quantitative estimate of drug-likeness (QED) is 0.397. The molecular weight excluding hydrogens is 110 g/mol. The highest BCUT2D eigenvalue weighted by Gasteiger charge is 2.21. The average molecular weight is 119 g/mol. The molecule has 4 nitrogen and oxygen atoms in total. The summed E-state index contributed by atoms with van der Waals surface area (Å²) in [6.07, 6.45) is -0.367. The van der Waals surface area contributed by atoms with Gasteiger partial charge in [-0.1, -0.05) is 0 Å². The van der Waals surface area contributed by atoms with Crippen LogP contribution in [0.25, 0.3) is 0 Å². The van der Waals surface area contributed by atoms with Gasteiger partial charge in [0.2, 0.25) is 0 Å². The number of hydroxylamine groups is 1. The molecule has 0 radical (unpaired) electrons. The lowest BCUT2D eigenvalue weighted by Crippen LogP contribution is -2.18. The molecule has 1 fully saturated rings. The Labute approximate surface area is 47.0 Å². The molecule has 0 aliphatic carbocycles. The van der Waals surface area contributed by atoms with Crippen molar-refractivity contribution in [3.8, 4) is 0 Å². The molecular formula is C4H9NO3. The van der Waals surface area contributed by atoms with Crippen molar-refractivity contribution in [1.82, 2.24) is 5.48 Å². The first kappa shape index (κ1) is 5.97. The fraction of sp³-hybridized carbons (Fsp3) is 1.00. The van der Waals surface area contributed by atoms with Gasteiger partial charge >= 0.3 is 0 Å². The van der Waals surface area contributed by atoms with Crippen molar-refractivity contribution in [2.75, 3.05) is 6.61 Å². The van der Waals surface area contributed by atoms with Crippen molar-refractivity contribution >= 4 is 0 Å². The minimum absolute atomic E-state index is 0.0376. The van der Waals surface area contributed by atoms with Gasteiger partial charge in [-0.3, -0.25) is 4.84 Å². The molecule has 1 rings (SSSR count). The Kier molecular flexibility index (Phi) is 1.80. The van der Waals surface area contributed by atoms with Crippen LogP contribution in [-0.2, 0) is 4.84 Å². The molecule has 3 N–H and O–H groups in total. The molecule has 4 heteroatoms. The van der Waals surface area contributed by atoms with Crippen LogP contribution in [0.3, 0.4) is 0 Å². The number of aliphatic hydroxyl groups excluding tert-OH is 2. The molecule has 0 spiro atoms. The van der Waals surface area contributed by atoms with Crippen LogP contribution in [0, 0.1) is 0 Å².